The van der Waals surface area contributed by atoms with Crippen LogP contribution in [-0.4, -0.2) is 61.1 Å². The van der Waals surface area contributed by atoms with E-state index in [0.29, 0.717) is 38.3 Å². The molecule has 2 aromatic rings. The number of anilines is 2. The van der Waals surface area contributed by atoms with Gasteiger partial charge in [0.05, 0.1) is 16.6 Å². The Kier molecular flexibility index (Phi) is 6.83. The molecule has 2 aliphatic rings. The zero-order chi connectivity index (χ0) is 23.6. The summed E-state index contributed by atoms with van der Waals surface area (Å²) in [6.07, 6.45) is -1.30. The smallest absolute Gasteiger partial charge is 0.391 e. The number of rotatable bonds is 5. The molecule has 1 aromatic carbocycles. The van der Waals surface area contributed by atoms with E-state index >= 15 is 0 Å². The van der Waals surface area contributed by atoms with Gasteiger partial charge >= 0.3 is 6.18 Å². The lowest BCUT2D eigenvalue weighted by molar-refractivity contribution is -0.137. The molecule has 0 spiro atoms. The third-order valence-corrected chi connectivity index (χ3v) is 8.05. The molecule has 0 bridgehead atoms. The molecule has 2 saturated heterocycles. The molecular weight excluding hydrogens is 457 g/mol. The molecule has 1 atom stereocenters. The molecule has 4 rings (SSSR count). The second-order valence-electron chi connectivity index (χ2n) is 8.49. The van der Waals surface area contributed by atoms with Crippen molar-refractivity contribution in [2.24, 2.45) is 0 Å². The fraction of sp³-hybridized carbons (Fsp3) is 0.500. The van der Waals surface area contributed by atoms with E-state index in [-0.39, 0.29) is 17.0 Å². The molecular formula is C22H27F3N4O3S. The topological polar surface area (TPSA) is 85.8 Å². The van der Waals surface area contributed by atoms with Crippen LogP contribution in [0.25, 0.3) is 0 Å². The molecule has 33 heavy (non-hydrogen) atoms. The third kappa shape index (κ3) is 5.59. The van der Waals surface area contributed by atoms with E-state index in [1.807, 2.05) is 0 Å². The maximum atomic E-state index is 13.1. The number of sulfonamides is 1. The minimum atomic E-state index is -4.43. The number of pyridine rings is 1. The molecule has 1 aromatic heterocycles. The number of piperidine rings is 2. The fourth-order valence-corrected chi connectivity index (χ4v) is 5.73. The Balaban J connectivity index is 1.34. The van der Waals surface area contributed by atoms with Gasteiger partial charge in [-0.15, -0.1) is 0 Å². The molecule has 2 aliphatic heterocycles. The lowest BCUT2D eigenvalue weighted by atomic mass is 10.1. The number of aromatic nitrogens is 1. The van der Waals surface area contributed by atoms with Gasteiger partial charge in [0.15, 0.2) is 0 Å². The Morgan fingerprint density at radius 2 is 1.70 bits per heavy atom. The van der Waals surface area contributed by atoms with Crippen LogP contribution in [0.3, 0.4) is 0 Å². The summed E-state index contributed by atoms with van der Waals surface area (Å²) in [4.78, 5) is 6.10. The quantitative estimate of drug-likeness (QED) is 0.677. The number of nitrogens with one attached hydrogen (secondary N) is 1. The Morgan fingerprint density at radius 3 is 2.27 bits per heavy atom. The minimum Gasteiger partial charge on any atom is -0.391 e. The van der Waals surface area contributed by atoms with Gasteiger partial charge in [0.25, 0.3) is 0 Å². The molecule has 180 valence electrons. The molecule has 2 fully saturated rings. The molecule has 0 aliphatic carbocycles. The molecule has 0 amide bonds. The Morgan fingerprint density at radius 1 is 1.00 bits per heavy atom. The highest BCUT2D eigenvalue weighted by atomic mass is 32.2. The molecule has 0 saturated carbocycles. The molecule has 0 unspecified atom stereocenters. The number of hydrogen-bond acceptors (Lipinski definition) is 6. The molecule has 0 radical (unpaired) electrons. The van der Waals surface area contributed by atoms with E-state index in [1.54, 1.807) is 24.3 Å². The van der Waals surface area contributed by atoms with Gasteiger partial charge in [0, 0.05) is 44.1 Å². The van der Waals surface area contributed by atoms with Crippen molar-refractivity contribution in [2.45, 2.75) is 48.9 Å². The number of β-amino-alcohol motifs (C(OH)–C–C–N with tert-alkyl or cyclic N) is 1. The number of aliphatic hydroxyl groups is 1. The van der Waals surface area contributed by atoms with E-state index in [1.165, 1.54) is 10.4 Å². The van der Waals surface area contributed by atoms with Crippen molar-refractivity contribution in [1.29, 1.82) is 0 Å². The summed E-state index contributed by atoms with van der Waals surface area (Å²) in [5.41, 5.74) is 0.0797. The summed E-state index contributed by atoms with van der Waals surface area (Å²) in [5.74, 6) is 0.336. The minimum absolute atomic E-state index is 0.0754. The Bertz CT molecular complexity index is 1040. The fourth-order valence-electron chi connectivity index (χ4n) is 4.26. The highest BCUT2D eigenvalue weighted by Crippen LogP contribution is 2.30. The first-order valence-electron chi connectivity index (χ1n) is 11.0. The van der Waals surface area contributed by atoms with Crippen molar-refractivity contribution in [3.63, 3.8) is 0 Å². The third-order valence-electron chi connectivity index (χ3n) is 6.13. The highest BCUT2D eigenvalue weighted by Gasteiger charge is 2.32. The predicted molar refractivity (Wildman–Crippen MR) is 119 cm³/mol. The van der Waals surface area contributed by atoms with Crippen LogP contribution in [0.15, 0.2) is 47.5 Å². The standard InChI is InChI=1S/C22H27F3N4O3S/c23-22(24,25)16-3-8-21(26-14-16)27-17-9-12-29(13-10-17)33(31,32)20-6-4-18(5-7-20)28-11-1-2-19(30)15-28/h3-8,14,17,19,30H,1-2,9-13,15H2,(H,26,27)/t19-/m0/s1. The lowest BCUT2D eigenvalue weighted by Crippen LogP contribution is -2.42. The maximum Gasteiger partial charge on any atom is 0.417 e. The number of halogens is 3. The van der Waals surface area contributed by atoms with Crippen LogP contribution in [0.4, 0.5) is 24.7 Å². The molecule has 7 nitrogen and oxygen atoms in total. The van der Waals surface area contributed by atoms with Crippen LogP contribution in [0, 0.1) is 0 Å². The largest absolute Gasteiger partial charge is 0.417 e. The van der Waals surface area contributed by atoms with Gasteiger partial charge in [-0.2, -0.15) is 17.5 Å². The maximum absolute atomic E-state index is 13.1. The average Bonchev–Trinajstić information content (AvgIpc) is 2.79. The van der Waals surface area contributed by atoms with Crippen LogP contribution in [-0.2, 0) is 16.2 Å². The zero-order valence-corrected chi connectivity index (χ0v) is 18.8. The molecule has 11 heteroatoms. The first kappa shape index (κ1) is 23.8. The van der Waals surface area contributed by atoms with Crippen molar-refractivity contribution >= 4 is 21.5 Å². The highest BCUT2D eigenvalue weighted by molar-refractivity contribution is 7.89. The van der Waals surface area contributed by atoms with Gasteiger partial charge in [-0.25, -0.2) is 13.4 Å². The van der Waals surface area contributed by atoms with Crippen molar-refractivity contribution in [3.05, 3.63) is 48.2 Å². The van der Waals surface area contributed by atoms with Gasteiger partial charge in [0.1, 0.15) is 5.82 Å². The zero-order valence-electron chi connectivity index (χ0n) is 18.0. The molecule has 3 heterocycles. The summed E-state index contributed by atoms with van der Waals surface area (Å²) in [5, 5.41) is 12.9. The van der Waals surface area contributed by atoms with Crippen molar-refractivity contribution in [1.82, 2.24) is 9.29 Å². The van der Waals surface area contributed by atoms with Gasteiger partial charge in [-0.05, 0) is 62.1 Å². The van der Waals surface area contributed by atoms with Crippen LogP contribution in [0.5, 0.6) is 0 Å². The first-order valence-corrected chi connectivity index (χ1v) is 12.4. The second-order valence-corrected chi connectivity index (χ2v) is 10.4. The summed E-state index contributed by atoms with van der Waals surface area (Å²) >= 11 is 0. The van der Waals surface area contributed by atoms with E-state index in [4.69, 9.17) is 0 Å². The van der Waals surface area contributed by atoms with Crippen molar-refractivity contribution < 1.29 is 26.7 Å². The van der Waals surface area contributed by atoms with E-state index in [0.717, 1.165) is 37.3 Å². The lowest BCUT2D eigenvalue weighted by Gasteiger charge is -2.33. The summed E-state index contributed by atoms with van der Waals surface area (Å²) < 4.78 is 65.6. The van der Waals surface area contributed by atoms with Crippen LogP contribution < -0.4 is 10.2 Å². The number of benzene rings is 1. The summed E-state index contributed by atoms with van der Waals surface area (Å²) in [7, 11) is -3.64. The van der Waals surface area contributed by atoms with Gasteiger partial charge in [-0.3, -0.25) is 0 Å². The predicted octanol–water partition coefficient (Wildman–Crippen LogP) is 3.33. The van der Waals surface area contributed by atoms with Crippen molar-refractivity contribution in [3.8, 4) is 0 Å². The van der Waals surface area contributed by atoms with Crippen LogP contribution in [0.1, 0.15) is 31.2 Å². The van der Waals surface area contributed by atoms with E-state index < -0.39 is 21.8 Å². The van der Waals surface area contributed by atoms with Crippen LogP contribution in [0.2, 0.25) is 0 Å². The number of alkyl halides is 3. The second kappa shape index (κ2) is 9.47. The van der Waals surface area contributed by atoms with Gasteiger partial charge < -0.3 is 15.3 Å². The number of aliphatic hydroxyl groups excluding tert-OH is 1. The Labute approximate surface area is 191 Å². The SMILES string of the molecule is O=S(=O)(c1ccc(N2CCC[C@H](O)C2)cc1)N1CCC(Nc2ccc(C(F)(F)F)cn2)CC1. The Hall–Kier alpha value is -2.37. The monoisotopic (exact) mass is 484 g/mol. The van der Waals surface area contributed by atoms with E-state index in [2.05, 4.69) is 15.2 Å². The van der Waals surface area contributed by atoms with Crippen LogP contribution >= 0.6 is 0 Å². The number of hydrogen-bond donors (Lipinski definition) is 2. The van der Waals surface area contributed by atoms with E-state index in [9.17, 15) is 26.7 Å². The molecule has 2 N–H and O–H groups in total. The van der Waals surface area contributed by atoms with Gasteiger partial charge in [0.2, 0.25) is 10.0 Å². The normalized spacial score (nSPS) is 21.2. The average molecular weight is 485 g/mol. The summed E-state index contributed by atoms with van der Waals surface area (Å²) in [6.45, 7) is 1.99. The number of nitrogens with zero attached hydrogens (tertiary/aromatic N) is 3. The first-order chi connectivity index (χ1) is 15.6. The summed E-state index contributed by atoms with van der Waals surface area (Å²) in [6, 6.07) is 8.93. The van der Waals surface area contributed by atoms with Gasteiger partial charge in [-0.1, -0.05) is 0 Å². The van der Waals surface area contributed by atoms with Crippen molar-refractivity contribution in [2.75, 3.05) is 36.4 Å².